The van der Waals surface area contributed by atoms with Gasteiger partial charge in [0.15, 0.2) is 5.96 Å². The van der Waals surface area contributed by atoms with Crippen LogP contribution in [0.3, 0.4) is 0 Å². The van der Waals surface area contributed by atoms with Gasteiger partial charge in [0.25, 0.3) is 0 Å². The van der Waals surface area contributed by atoms with E-state index in [1.165, 1.54) is 38.8 Å². The third kappa shape index (κ3) is 3.62. The number of likely N-dealkylation sites (tertiary alicyclic amines) is 1. The first-order chi connectivity index (χ1) is 9.19. The van der Waals surface area contributed by atoms with Crippen LogP contribution in [0.15, 0.2) is 4.99 Å². The molecule has 2 fully saturated rings. The Morgan fingerprint density at radius 3 is 2.63 bits per heavy atom. The van der Waals surface area contributed by atoms with Crippen molar-refractivity contribution in [2.75, 3.05) is 46.3 Å². The molecule has 1 saturated heterocycles. The zero-order valence-corrected chi connectivity index (χ0v) is 12.9. The van der Waals surface area contributed by atoms with Crippen LogP contribution in [0, 0.1) is 5.41 Å². The summed E-state index contributed by atoms with van der Waals surface area (Å²) in [7, 11) is 2.15. The van der Waals surface area contributed by atoms with Gasteiger partial charge in [0, 0.05) is 26.2 Å². The van der Waals surface area contributed by atoms with Gasteiger partial charge in [-0.05, 0) is 45.2 Å². The van der Waals surface area contributed by atoms with Crippen LogP contribution >= 0.6 is 0 Å². The Balaban J connectivity index is 1.86. The van der Waals surface area contributed by atoms with Crippen molar-refractivity contribution in [3.63, 3.8) is 0 Å². The molecule has 1 aliphatic carbocycles. The van der Waals surface area contributed by atoms with Gasteiger partial charge in [0.1, 0.15) is 0 Å². The quantitative estimate of drug-likeness (QED) is 0.608. The van der Waals surface area contributed by atoms with Crippen molar-refractivity contribution in [1.82, 2.24) is 15.1 Å². The highest BCUT2D eigenvalue weighted by atomic mass is 15.3. The first-order valence-electron chi connectivity index (χ1n) is 7.91. The second-order valence-corrected chi connectivity index (χ2v) is 6.16. The van der Waals surface area contributed by atoms with Crippen molar-refractivity contribution >= 4 is 5.96 Å². The molecule has 0 bridgehead atoms. The molecule has 0 atom stereocenters. The predicted octanol–water partition coefficient (Wildman–Crippen LogP) is 1.78. The Morgan fingerprint density at radius 1 is 1.32 bits per heavy atom. The first-order valence-corrected chi connectivity index (χ1v) is 7.91. The van der Waals surface area contributed by atoms with E-state index in [2.05, 4.69) is 36.0 Å². The summed E-state index contributed by atoms with van der Waals surface area (Å²) >= 11 is 0. The van der Waals surface area contributed by atoms with Crippen molar-refractivity contribution in [1.29, 1.82) is 0 Å². The maximum atomic E-state index is 4.80. The van der Waals surface area contributed by atoms with Gasteiger partial charge in [0.05, 0.1) is 6.54 Å². The minimum atomic E-state index is 0.649. The lowest BCUT2D eigenvalue weighted by Crippen LogP contribution is -2.42. The highest BCUT2D eigenvalue weighted by Crippen LogP contribution is 2.47. The zero-order valence-electron chi connectivity index (χ0n) is 12.9. The standard InChI is InChI=1S/C15H30N4/c1-4-16-14(17-10-12-18(3)5-2)19-11-9-15(13-19)7-6-8-15/h4-13H2,1-3H3,(H,16,17). The molecule has 1 saturated carbocycles. The molecular weight excluding hydrogens is 236 g/mol. The van der Waals surface area contributed by atoms with Gasteiger partial charge < -0.3 is 15.1 Å². The highest BCUT2D eigenvalue weighted by molar-refractivity contribution is 5.80. The summed E-state index contributed by atoms with van der Waals surface area (Å²) in [6.07, 6.45) is 5.66. The molecule has 0 unspecified atom stereocenters. The predicted molar refractivity (Wildman–Crippen MR) is 81.6 cm³/mol. The van der Waals surface area contributed by atoms with Crippen LogP contribution in [-0.2, 0) is 0 Å². The van der Waals surface area contributed by atoms with Crippen LogP contribution in [0.5, 0.6) is 0 Å². The topological polar surface area (TPSA) is 30.9 Å². The molecule has 1 N–H and O–H groups in total. The van der Waals surface area contributed by atoms with Crippen molar-refractivity contribution < 1.29 is 0 Å². The second-order valence-electron chi connectivity index (χ2n) is 6.16. The van der Waals surface area contributed by atoms with Crippen molar-refractivity contribution in [2.24, 2.45) is 10.4 Å². The molecule has 0 aromatic carbocycles. The number of likely N-dealkylation sites (N-methyl/N-ethyl adjacent to an activating group) is 1. The number of nitrogens with one attached hydrogen (secondary N) is 1. The van der Waals surface area contributed by atoms with E-state index in [-0.39, 0.29) is 0 Å². The van der Waals surface area contributed by atoms with Crippen molar-refractivity contribution in [2.45, 2.75) is 39.5 Å². The fourth-order valence-electron chi connectivity index (χ4n) is 3.11. The molecule has 0 amide bonds. The maximum Gasteiger partial charge on any atom is 0.193 e. The Bertz CT molecular complexity index is 309. The van der Waals surface area contributed by atoms with Crippen LogP contribution in [0.2, 0.25) is 0 Å². The van der Waals surface area contributed by atoms with Gasteiger partial charge in [-0.25, -0.2) is 0 Å². The van der Waals surface area contributed by atoms with Gasteiger partial charge in [-0.2, -0.15) is 0 Å². The highest BCUT2D eigenvalue weighted by Gasteiger charge is 2.43. The molecule has 1 aliphatic heterocycles. The van der Waals surface area contributed by atoms with Crippen LogP contribution in [0.25, 0.3) is 0 Å². The minimum Gasteiger partial charge on any atom is -0.357 e. The number of guanidine groups is 1. The molecular formula is C15H30N4. The van der Waals surface area contributed by atoms with E-state index in [4.69, 9.17) is 4.99 Å². The van der Waals surface area contributed by atoms with Crippen LogP contribution in [0.1, 0.15) is 39.5 Å². The summed E-state index contributed by atoms with van der Waals surface area (Å²) in [5.41, 5.74) is 0.649. The lowest BCUT2D eigenvalue weighted by molar-refractivity contribution is 0.151. The second kappa shape index (κ2) is 6.60. The summed E-state index contributed by atoms with van der Waals surface area (Å²) in [5, 5.41) is 3.46. The SMILES string of the molecule is CCNC(=NCCN(C)CC)N1CCC2(CCC2)C1. The van der Waals surface area contributed by atoms with E-state index >= 15 is 0 Å². The van der Waals surface area contributed by atoms with Gasteiger partial charge in [-0.1, -0.05) is 13.3 Å². The third-order valence-electron chi connectivity index (χ3n) is 4.77. The van der Waals surface area contributed by atoms with E-state index in [0.717, 1.165) is 32.1 Å². The fraction of sp³-hybridized carbons (Fsp3) is 0.933. The van der Waals surface area contributed by atoms with Crippen LogP contribution in [-0.4, -0.2) is 62.1 Å². The molecule has 2 aliphatic rings. The van der Waals surface area contributed by atoms with Gasteiger partial charge in [-0.15, -0.1) is 0 Å². The Hall–Kier alpha value is -0.770. The summed E-state index contributed by atoms with van der Waals surface area (Å²) in [4.78, 5) is 9.59. The smallest absolute Gasteiger partial charge is 0.193 e. The van der Waals surface area contributed by atoms with E-state index in [0.29, 0.717) is 5.41 Å². The van der Waals surface area contributed by atoms with E-state index in [9.17, 15) is 0 Å². The molecule has 19 heavy (non-hydrogen) atoms. The summed E-state index contributed by atoms with van der Waals surface area (Å²) in [6.45, 7) is 10.8. The van der Waals surface area contributed by atoms with E-state index in [1.54, 1.807) is 0 Å². The number of hydrogen-bond acceptors (Lipinski definition) is 2. The molecule has 1 heterocycles. The average molecular weight is 266 g/mol. The van der Waals surface area contributed by atoms with Gasteiger partial charge in [0.2, 0.25) is 0 Å². The number of aliphatic imine (C=N–C) groups is 1. The van der Waals surface area contributed by atoms with Gasteiger partial charge in [-0.3, -0.25) is 4.99 Å². The van der Waals surface area contributed by atoms with Crippen molar-refractivity contribution in [3.8, 4) is 0 Å². The Kier molecular flexibility index (Phi) is 5.08. The average Bonchev–Trinajstić information content (AvgIpc) is 2.82. The van der Waals surface area contributed by atoms with Crippen molar-refractivity contribution in [3.05, 3.63) is 0 Å². The Labute approximate surface area is 118 Å². The molecule has 0 radical (unpaired) electrons. The van der Waals surface area contributed by atoms with Crippen LogP contribution < -0.4 is 5.32 Å². The molecule has 2 rings (SSSR count). The normalized spacial score (nSPS) is 22.1. The summed E-state index contributed by atoms with van der Waals surface area (Å²) < 4.78 is 0. The van der Waals surface area contributed by atoms with Gasteiger partial charge >= 0.3 is 0 Å². The molecule has 110 valence electrons. The first kappa shape index (κ1) is 14.6. The summed E-state index contributed by atoms with van der Waals surface area (Å²) in [5.74, 6) is 1.13. The summed E-state index contributed by atoms with van der Waals surface area (Å²) in [6, 6.07) is 0. The molecule has 0 aromatic heterocycles. The largest absolute Gasteiger partial charge is 0.357 e. The molecule has 4 nitrogen and oxygen atoms in total. The van der Waals surface area contributed by atoms with Crippen LogP contribution in [0.4, 0.5) is 0 Å². The number of nitrogens with zero attached hydrogens (tertiary/aromatic N) is 3. The lowest BCUT2D eigenvalue weighted by atomic mass is 9.68. The molecule has 4 heteroatoms. The zero-order chi connectivity index (χ0) is 13.7. The Morgan fingerprint density at radius 2 is 2.11 bits per heavy atom. The van der Waals surface area contributed by atoms with E-state index < -0.39 is 0 Å². The number of hydrogen-bond donors (Lipinski definition) is 1. The fourth-order valence-corrected chi connectivity index (χ4v) is 3.11. The van der Waals surface area contributed by atoms with E-state index in [1.807, 2.05) is 0 Å². The molecule has 0 aromatic rings. The minimum absolute atomic E-state index is 0.649. The number of rotatable bonds is 5. The maximum absolute atomic E-state index is 4.80. The molecule has 1 spiro atoms. The lowest BCUT2D eigenvalue weighted by Gasteiger charge is -2.38. The monoisotopic (exact) mass is 266 g/mol. The third-order valence-corrected chi connectivity index (χ3v) is 4.77.